The van der Waals surface area contributed by atoms with Gasteiger partial charge in [0.15, 0.2) is 11.5 Å². The molecule has 0 bridgehead atoms. The lowest BCUT2D eigenvalue weighted by Gasteiger charge is -2.12. The Morgan fingerprint density at radius 1 is 1.17 bits per heavy atom. The second kappa shape index (κ2) is 11.9. The second-order valence-electron chi connectivity index (χ2n) is 6.10. The van der Waals surface area contributed by atoms with Gasteiger partial charge in [0.1, 0.15) is 18.2 Å². The van der Waals surface area contributed by atoms with Crippen molar-refractivity contribution in [1.29, 1.82) is 5.26 Å². The first-order chi connectivity index (χ1) is 14.1. The SMILES string of the molecule is COCCCNC(=O)/C(C#N)=C/c1ccc(OCc2ccc(Br)cc2)c(OC)c1. The minimum Gasteiger partial charge on any atom is -0.493 e. The minimum atomic E-state index is -0.418. The van der Waals surface area contributed by atoms with Crippen LogP contribution in [0.5, 0.6) is 11.5 Å². The lowest BCUT2D eigenvalue weighted by molar-refractivity contribution is -0.117. The summed E-state index contributed by atoms with van der Waals surface area (Å²) in [5, 5.41) is 12.0. The molecule has 0 saturated carbocycles. The van der Waals surface area contributed by atoms with Crippen molar-refractivity contribution in [3.05, 3.63) is 63.6 Å². The number of carbonyl (C=O) groups is 1. The molecule has 0 aliphatic heterocycles. The van der Waals surface area contributed by atoms with Gasteiger partial charge in [-0.1, -0.05) is 34.1 Å². The Morgan fingerprint density at radius 3 is 2.59 bits per heavy atom. The van der Waals surface area contributed by atoms with E-state index in [4.69, 9.17) is 14.2 Å². The van der Waals surface area contributed by atoms with Gasteiger partial charge in [0.05, 0.1) is 7.11 Å². The van der Waals surface area contributed by atoms with Crippen LogP contribution in [-0.4, -0.2) is 33.3 Å². The van der Waals surface area contributed by atoms with Gasteiger partial charge in [-0.05, 0) is 47.9 Å². The molecule has 0 aliphatic rings. The third-order valence-electron chi connectivity index (χ3n) is 3.98. The molecule has 0 fully saturated rings. The van der Waals surface area contributed by atoms with Gasteiger partial charge in [0, 0.05) is 24.7 Å². The number of nitriles is 1. The number of methoxy groups -OCH3 is 2. The predicted octanol–water partition coefficient (Wildman–Crippen LogP) is 4.10. The van der Waals surface area contributed by atoms with E-state index in [1.807, 2.05) is 30.3 Å². The Morgan fingerprint density at radius 2 is 1.93 bits per heavy atom. The fourth-order valence-corrected chi connectivity index (χ4v) is 2.73. The molecule has 0 spiro atoms. The molecule has 0 radical (unpaired) electrons. The minimum absolute atomic E-state index is 0.0213. The maximum absolute atomic E-state index is 12.1. The molecule has 2 aromatic carbocycles. The molecule has 0 atom stereocenters. The van der Waals surface area contributed by atoms with Crippen molar-refractivity contribution < 1.29 is 19.0 Å². The summed E-state index contributed by atoms with van der Waals surface area (Å²) >= 11 is 3.41. The van der Waals surface area contributed by atoms with Gasteiger partial charge in [0.2, 0.25) is 0 Å². The van der Waals surface area contributed by atoms with Gasteiger partial charge >= 0.3 is 0 Å². The third-order valence-corrected chi connectivity index (χ3v) is 4.51. The smallest absolute Gasteiger partial charge is 0.261 e. The molecule has 152 valence electrons. The molecular weight excluding hydrogens is 436 g/mol. The van der Waals surface area contributed by atoms with Crippen molar-refractivity contribution in [3.63, 3.8) is 0 Å². The van der Waals surface area contributed by atoms with E-state index in [2.05, 4.69) is 21.2 Å². The quantitative estimate of drug-likeness (QED) is 0.329. The fraction of sp³-hybridized carbons (Fsp3) is 0.273. The molecule has 0 aliphatic carbocycles. The Balaban J connectivity index is 2.07. The summed E-state index contributed by atoms with van der Waals surface area (Å²) in [6, 6.07) is 15.0. The number of halogens is 1. The first-order valence-electron chi connectivity index (χ1n) is 9.01. The normalized spacial score (nSPS) is 10.9. The summed E-state index contributed by atoms with van der Waals surface area (Å²) in [4.78, 5) is 12.1. The van der Waals surface area contributed by atoms with E-state index in [0.717, 1.165) is 10.0 Å². The number of hydrogen-bond donors (Lipinski definition) is 1. The lowest BCUT2D eigenvalue weighted by atomic mass is 10.1. The van der Waals surface area contributed by atoms with Gasteiger partial charge in [0.25, 0.3) is 5.91 Å². The van der Waals surface area contributed by atoms with Crippen LogP contribution in [0.4, 0.5) is 0 Å². The summed E-state index contributed by atoms with van der Waals surface area (Å²) in [5.41, 5.74) is 1.71. The third kappa shape index (κ3) is 7.26. The molecule has 2 rings (SSSR count). The monoisotopic (exact) mass is 458 g/mol. The number of rotatable bonds is 10. The summed E-state index contributed by atoms with van der Waals surface area (Å²) in [7, 11) is 3.14. The van der Waals surface area contributed by atoms with Crippen molar-refractivity contribution in [3.8, 4) is 17.6 Å². The van der Waals surface area contributed by atoms with Gasteiger partial charge in [-0.3, -0.25) is 4.79 Å². The van der Waals surface area contributed by atoms with Crippen LogP contribution in [0.1, 0.15) is 17.5 Å². The van der Waals surface area contributed by atoms with Crippen LogP contribution in [-0.2, 0) is 16.1 Å². The number of carbonyl (C=O) groups excluding carboxylic acids is 1. The maximum Gasteiger partial charge on any atom is 0.261 e. The first-order valence-corrected chi connectivity index (χ1v) is 9.81. The molecule has 2 aromatic rings. The number of benzene rings is 2. The molecule has 0 saturated heterocycles. The average molecular weight is 459 g/mol. The van der Waals surface area contributed by atoms with Crippen molar-refractivity contribution in [2.24, 2.45) is 0 Å². The average Bonchev–Trinajstić information content (AvgIpc) is 2.74. The number of hydrogen-bond acceptors (Lipinski definition) is 5. The molecule has 0 unspecified atom stereocenters. The highest BCUT2D eigenvalue weighted by molar-refractivity contribution is 9.10. The highest BCUT2D eigenvalue weighted by atomic mass is 79.9. The largest absolute Gasteiger partial charge is 0.493 e. The van der Waals surface area contributed by atoms with Crippen LogP contribution in [0.25, 0.3) is 6.08 Å². The van der Waals surface area contributed by atoms with Crippen LogP contribution in [0, 0.1) is 11.3 Å². The van der Waals surface area contributed by atoms with Crippen LogP contribution in [0.15, 0.2) is 52.5 Å². The van der Waals surface area contributed by atoms with Crippen molar-refractivity contribution >= 4 is 27.9 Å². The van der Waals surface area contributed by atoms with Crippen molar-refractivity contribution in [1.82, 2.24) is 5.32 Å². The van der Waals surface area contributed by atoms with Crippen LogP contribution >= 0.6 is 15.9 Å². The van der Waals surface area contributed by atoms with Crippen LogP contribution < -0.4 is 14.8 Å². The zero-order valence-electron chi connectivity index (χ0n) is 16.4. The van der Waals surface area contributed by atoms with Crippen LogP contribution in [0.2, 0.25) is 0 Å². The van der Waals surface area contributed by atoms with E-state index in [0.29, 0.717) is 43.2 Å². The molecule has 0 heterocycles. The molecule has 1 amide bonds. The summed E-state index contributed by atoms with van der Waals surface area (Å²) < 4.78 is 17.2. The lowest BCUT2D eigenvalue weighted by Crippen LogP contribution is -2.26. The Labute approximate surface area is 179 Å². The standard InChI is InChI=1S/C22H23BrN2O4/c1-27-11-3-10-25-22(26)18(14-24)12-17-6-9-20(21(13-17)28-2)29-15-16-4-7-19(23)8-5-16/h4-9,12-13H,3,10-11,15H2,1-2H3,(H,25,26)/b18-12+. The van der Waals surface area contributed by atoms with Crippen molar-refractivity contribution in [2.75, 3.05) is 27.4 Å². The van der Waals surface area contributed by atoms with Gasteiger partial charge < -0.3 is 19.5 Å². The Bertz CT molecular complexity index is 889. The van der Waals surface area contributed by atoms with E-state index >= 15 is 0 Å². The number of nitrogens with zero attached hydrogens (tertiary/aromatic N) is 1. The molecule has 0 aromatic heterocycles. The zero-order valence-corrected chi connectivity index (χ0v) is 18.0. The highest BCUT2D eigenvalue weighted by Gasteiger charge is 2.10. The molecule has 1 N–H and O–H groups in total. The van der Waals surface area contributed by atoms with Gasteiger partial charge in [-0.2, -0.15) is 5.26 Å². The summed E-state index contributed by atoms with van der Waals surface area (Å²) in [6.45, 7) is 1.38. The number of amides is 1. The molecular formula is C22H23BrN2O4. The number of nitrogens with one attached hydrogen (secondary N) is 1. The topological polar surface area (TPSA) is 80.6 Å². The summed E-state index contributed by atoms with van der Waals surface area (Å²) in [6.07, 6.45) is 2.20. The van der Waals surface area contributed by atoms with E-state index in [1.165, 1.54) is 6.08 Å². The summed E-state index contributed by atoms with van der Waals surface area (Å²) in [5.74, 6) is 0.682. The van der Waals surface area contributed by atoms with Gasteiger partial charge in [-0.15, -0.1) is 0 Å². The maximum atomic E-state index is 12.1. The second-order valence-corrected chi connectivity index (χ2v) is 7.01. The van der Waals surface area contributed by atoms with E-state index < -0.39 is 5.91 Å². The van der Waals surface area contributed by atoms with Gasteiger partial charge in [-0.25, -0.2) is 0 Å². The Hall–Kier alpha value is -2.82. The first kappa shape index (κ1) is 22.5. The van der Waals surface area contributed by atoms with E-state index in [9.17, 15) is 10.1 Å². The highest BCUT2D eigenvalue weighted by Crippen LogP contribution is 2.29. The van der Waals surface area contributed by atoms with Crippen molar-refractivity contribution in [2.45, 2.75) is 13.0 Å². The molecule has 29 heavy (non-hydrogen) atoms. The van der Waals surface area contributed by atoms with E-state index in [-0.39, 0.29) is 5.57 Å². The molecule has 6 nitrogen and oxygen atoms in total. The number of ether oxygens (including phenoxy) is 3. The Kier molecular flexibility index (Phi) is 9.22. The molecule has 7 heteroatoms. The zero-order chi connectivity index (χ0) is 21.1. The van der Waals surface area contributed by atoms with Crippen LogP contribution in [0.3, 0.4) is 0 Å². The van der Waals surface area contributed by atoms with E-state index in [1.54, 1.807) is 32.4 Å². The predicted molar refractivity (Wildman–Crippen MR) is 115 cm³/mol. The fourth-order valence-electron chi connectivity index (χ4n) is 2.46.